The summed E-state index contributed by atoms with van der Waals surface area (Å²) in [5, 5.41) is 2.94. The maximum Gasteiger partial charge on any atom is 0.254 e. The maximum absolute atomic E-state index is 13.7. The number of halogens is 2. The van der Waals surface area contributed by atoms with Crippen LogP contribution in [0.25, 0.3) is 0 Å². The molecule has 0 saturated carbocycles. The molecule has 1 aromatic carbocycles. The van der Waals surface area contributed by atoms with Gasteiger partial charge in [0.1, 0.15) is 5.82 Å². The Labute approximate surface area is 121 Å². The molecule has 2 atom stereocenters. The molecule has 0 bridgehead atoms. The lowest BCUT2D eigenvalue weighted by Gasteiger charge is -2.35. The van der Waals surface area contributed by atoms with Gasteiger partial charge in [0, 0.05) is 17.1 Å². The van der Waals surface area contributed by atoms with Gasteiger partial charge >= 0.3 is 0 Å². The van der Waals surface area contributed by atoms with E-state index >= 15 is 0 Å². The first-order valence-electron chi connectivity index (χ1n) is 6.42. The number of likely N-dealkylation sites (tertiary alicyclic amines) is 1. The van der Waals surface area contributed by atoms with Gasteiger partial charge in [0.15, 0.2) is 0 Å². The molecule has 2 rings (SSSR count). The predicted molar refractivity (Wildman–Crippen MR) is 76.6 cm³/mol. The van der Waals surface area contributed by atoms with Crippen LogP contribution in [0.3, 0.4) is 0 Å². The van der Waals surface area contributed by atoms with Crippen LogP contribution in [0, 0.1) is 11.7 Å². The van der Waals surface area contributed by atoms with E-state index in [4.69, 9.17) is 0 Å². The first-order valence-corrected chi connectivity index (χ1v) is 7.21. The molecule has 0 radical (unpaired) electrons. The summed E-state index contributed by atoms with van der Waals surface area (Å²) >= 11 is 3.18. The third kappa shape index (κ3) is 3.54. The Kier molecular flexibility index (Phi) is 4.58. The van der Waals surface area contributed by atoms with Gasteiger partial charge in [0.25, 0.3) is 5.91 Å². The summed E-state index contributed by atoms with van der Waals surface area (Å²) in [5.74, 6) is -0.444. The summed E-state index contributed by atoms with van der Waals surface area (Å²) in [6, 6.07) is 4.61. The normalized spacial score (nSPS) is 24.2. The summed E-state index contributed by atoms with van der Waals surface area (Å²) in [4.78, 5) is 14.3. The lowest BCUT2D eigenvalue weighted by atomic mass is 9.94. The minimum Gasteiger partial charge on any atom is -0.349 e. The Hall–Kier alpha value is -0.940. The SMILES string of the molecule is CC1CN(C)CCC1NC(=O)c1ccc(Br)cc1F. The largest absolute Gasteiger partial charge is 0.349 e. The van der Waals surface area contributed by atoms with E-state index in [9.17, 15) is 9.18 Å². The smallest absolute Gasteiger partial charge is 0.254 e. The molecular weight excluding hydrogens is 311 g/mol. The molecule has 19 heavy (non-hydrogen) atoms. The maximum atomic E-state index is 13.7. The lowest BCUT2D eigenvalue weighted by molar-refractivity contribution is 0.0880. The van der Waals surface area contributed by atoms with Gasteiger partial charge in [-0.1, -0.05) is 22.9 Å². The molecule has 3 nitrogen and oxygen atoms in total. The van der Waals surface area contributed by atoms with Crippen molar-refractivity contribution in [1.29, 1.82) is 0 Å². The quantitative estimate of drug-likeness (QED) is 0.905. The number of nitrogens with one attached hydrogen (secondary N) is 1. The zero-order valence-electron chi connectivity index (χ0n) is 11.1. The van der Waals surface area contributed by atoms with Crippen molar-refractivity contribution >= 4 is 21.8 Å². The molecular formula is C14H18BrFN2O. The van der Waals surface area contributed by atoms with Crippen molar-refractivity contribution in [3.05, 3.63) is 34.1 Å². The van der Waals surface area contributed by atoms with Crippen molar-refractivity contribution < 1.29 is 9.18 Å². The van der Waals surface area contributed by atoms with Gasteiger partial charge in [-0.15, -0.1) is 0 Å². The molecule has 1 aromatic rings. The van der Waals surface area contributed by atoms with Crippen LogP contribution in [-0.2, 0) is 0 Å². The lowest BCUT2D eigenvalue weighted by Crippen LogP contribution is -2.49. The van der Waals surface area contributed by atoms with Crippen LogP contribution in [-0.4, -0.2) is 37.0 Å². The molecule has 1 aliphatic heterocycles. The molecule has 0 spiro atoms. The fraction of sp³-hybridized carbons (Fsp3) is 0.500. The highest BCUT2D eigenvalue weighted by Crippen LogP contribution is 2.18. The first-order chi connectivity index (χ1) is 8.97. The Morgan fingerprint density at radius 3 is 2.89 bits per heavy atom. The molecule has 1 aliphatic rings. The number of rotatable bonds is 2. The van der Waals surface area contributed by atoms with E-state index < -0.39 is 5.82 Å². The van der Waals surface area contributed by atoms with Crippen molar-refractivity contribution in [2.75, 3.05) is 20.1 Å². The molecule has 104 valence electrons. The van der Waals surface area contributed by atoms with Crippen LogP contribution in [0.15, 0.2) is 22.7 Å². The van der Waals surface area contributed by atoms with E-state index in [0.717, 1.165) is 19.5 Å². The highest BCUT2D eigenvalue weighted by Gasteiger charge is 2.26. The Morgan fingerprint density at radius 1 is 1.53 bits per heavy atom. The number of hydrogen-bond acceptors (Lipinski definition) is 2. The van der Waals surface area contributed by atoms with Crippen molar-refractivity contribution in [3.63, 3.8) is 0 Å². The molecule has 5 heteroatoms. The number of amides is 1. The molecule has 1 N–H and O–H groups in total. The Balaban J connectivity index is 2.04. The first kappa shape index (κ1) is 14.5. The molecule has 1 saturated heterocycles. The summed E-state index contributed by atoms with van der Waals surface area (Å²) in [6.45, 7) is 4.02. The van der Waals surface area contributed by atoms with Gasteiger partial charge in [-0.25, -0.2) is 4.39 Å². The van der Waals surface area contributed by atoms with Crippen molar-refractivity contribution in [1.82, 2.24) is 10.2 Å². The van der Waals surface area contributed by atoms with Crippen LogP contribution in [0.4, 0.5) is 4.39 Å². The van der Waals surface area contributed by atoms with Gasteiger partial charge in [-0.3, -0.25) is 4.79 Å². The zero-order valence-corrected chi connectivity index (χ0v) is 12.7. The molecule has 1 fully saturated rings. The second-order valence-corrected chi connectivity index (χ2v) is 6.15. The topological polar surface area (TPSA) is 32.3 Å². The minimum atomic E-state index is -0.493. The zero-order chi connectivity index (χ0) is 14.0. The third-order valence-electron chi connectivity index (χ3n) is 3.60. The van der Waals surface area contributed by atoms with Crippen LogP contribution in [0.1, 0.15) is 23.7 Å². The monoisotopic (exact) mass is 328 g/mol. The number of benzene rings is 1. The van der Waals surface area contributed by atoms with Gasteiger partial charge in [-0.2, -0.15) is 0 Å². The highest BCUT2D eigenvalue weighted by atomic mass is 79.9. The summed E-state index contributed by atoms with van der Waals surface area (Å²) in [7, 11) is 2.07. The van der Waals surface area contributed by atoms with Gasteiger partial charge in [-0.05, 0) is 44.1 Å². The molecule has 1 heterocycles. The molecule has 1 amide bonds. The second-order valence-electron chi connectivity index (χ2n) is 5.23. The van der Waals surface area contributed by atoms with Crippen LogP contribution in [0.5, 0.6) is 0 Å². The fourth-order valence-corrected chi connectivity index (χ4v) is 2.82. The van der Waals surface area contributed by atoms with Crippen molar-refractivity contribution in [2.24, 2.45) is 5.92 Å². The standard InChI is InChI=1S/C14H18BrFN2O/c1-9-8-18(2)6-5-13(9)17-14(19)11-4-3-10(15)7-12(11)16/h3-4,7,9,13H,5-6,8H2,1-2H3,(H,17,19). The average Bonchev–Trinajstić information content (AvgIpc) is 2.32. The van der Waals surface area contributed by atoms with Crippen LogP contribution in [0.2, 0.25) is 0 Å². The summed E-state index contributed by atoms with van der Waals surface area (Å²) in [6.07, 6.45) is 0.904. The third-order valence-corrected chi connectivity index (χ3v) is 4.09. The molecule has 0 aromatic heterocycles. The second kappa shape index (κ2) is 6.01. The number of carbonyl (C=O) groups is 1. The van der Waals surface area contributed by atoms with Crippen molar-refractivity contribution in [3.8, 4) is 0 Å². The average molecular weight is 329 g/mol. The number of carbonyl (C=O) groups excluding carboxylic acids is 1. The van der Waals surface area contributed by atoms with E-state index in [0.29, 0.717) is 10.4 Å². The predicted octanol–water partition coefficient (Wildman–Crippen LogP) is 2.66. The van der Waals surface area contributed by atoms with Gasteiger partial charge < -0.3 is 10.2 Å². The van der Waals surface area contributed by atoms with Gasteiger partial charge in [0.2, 0.25) is 0 Å². The molecule has 2 unspecified atom stereocenters. The number of nitrogens with zero attached hydrogens (tertiary/aromatic N) is 1. The van der Waals surface area contributed by atoms with Crippen molar-refractivity contribution in [2.45, 2.75) is 19.4 Å². The van der Waals surface area contributed by atoms with Gasteiger partial charge in [0.05, 0.1) is 5.56 Å². The molecule has 0 aliphatic carbocycles. The summed E-state index contributed by atoms with van der Waals surface area (Å²) in [5.41, 5.74) is 0.106. The number of hydrogen-bond donors (Lipinski definition) is 1. The van der Waals surface area contributed by atoms with E-state index in [1.165, 1.54) is 12.1 Å². The minimum absolute atomic E-state index is 0.106. The van der Waals surface area contributed by atoms with Crippen LogP contribution >= 0.6 is 15.9 Å². The number of piperidine rings is 1. The van der Waals surface area contributed by atoms with E-state index in [1.54, 1.807) is 6.07 Å². The fourth-order valence-electron chi connectivity index (χ4n) is 2.49. The summed E-state index contributed by atoms with van der Waals surface area (Å²) < 4.78 is 14.3. The van der Waals surface area contributed by atoms with E-state index in [1.807, 2.05) is 0 Å². The Morgan fingerprint density at radius 2 is 2.26 bits per heavy atom. The van der Waals surface area contributed by atoms with E-state index in [-0.39, 0.29) is 17.5 Å². The van der Waals surface area contributed by atoms with E-state index in [2.05, 4.69) is 40.1 Å². The Bertz CT molecular complexity index is 481. The van der Waals surface area contributed by atoms with Crippen LogP contribution < -0.4 is 5.32 Å². The highest BCUT2D eigenvalue weighted by molar-refractivity contribution is 9.10.